The van der Waals surface area contributed by atoms with Crippen LogP contribution < -0.4 is 10.3 Å². The molecule has 0 N–H and O–H groups in total. The number of hydrogen-bond acceptors (Lipinski definition) is 5. The van der Waals surface area contributed by atoms with Gasteiger partial charge in [-0.05, 0) is 38.1 Å². The molecule has 0 radical (unpaired) electrons. The van der Waals surface area contributed by atoms with Gasteiger partial charge in [0.25, 0.3) is 15.7 Å². The van der Waals surface area contributed by atoms with Gasteiger partial charge in [-0.25, -0.2) is 0 Å². The molecule has 8 heteroatoms. The number of hydrogen-bond donors (Lipinski definition) is 0. The fraction of sp³-hybridized carbons (Fsp3) is 0.353. The van der Waals surface area contributed by atoms with E-state index in [4.69, 9.17) is 20.5 Å². The van der Waals surface area contributed by atoms with E-state index >= 15 is 0 Å². The molecule has 6 nitrogen and oxygen atoms in total. The van der Waals surface area contributed by atoms with Gasteiger partial charge in [0.2, 0.25) is 0 Å². The van der Waals surface area contributed by atoms with E-state index in [1.165, 1.54) is 10.6 Å². The number of benzene rings is 1. The van der Waals surface area contributed by atoms with Crippen LogP contribution in [0.2, 0.25) is 5.02 Å². The van der Waals surface area contributed by atoms with E-state index in [1.807, 2.05) is 0 Å². The van der Waals surface area contributed by atoms with Gasteiger partial charge in [0.05, 0.1) is 12.3 Å². The third kappa shape index (κ3) is 3.58. The average Bonchev–Trinajstić information content (AvgIpc) is 2.48. The van der Waals surface area contributed by atoms with E-state index < -0.39 is 27.9 Å². The molecule has 25 heavy (non-hydrogen) atoms. The van der Waals surface area contributed by atoms with Crippen molar-refractivity contribution < 1.29 is 17.3 Å². The predicted octanol–water partition coefficient (Wildman–Crippen LogP) is 2.61. The second-order valence-electron chi connectivity index (χ2n) is 6.50. The second kappa shape index (κ2) is 6.16. The standard InChI is InChI=1S/C17H18ClNO5S/c1-17(2)16(24-25(3,21)22)15(19-9-5-4-6-14(19)20)12-10-11(18)7-8-13(12)23-17/h4-10,15-16H,1-3H3/t15-,16+/m1/s1. The van der Waals surface area contributed by atoms with Gasteiger partial charge >= 0.3 is 0 Å². The first-order chi connectivity index (χ1) is 11.6. The minimum atomic E-state index is -3.79. The largest absolute Gasteiger partial charge is 0.485 e. The van der Waals surface area contributed by atoms with Crippen LogP contribution in [0.4, 0.5) is 0 Å². The third-order valence-corrected chi connectivity index (χ3v) is 4.86. The molecule has 134 valence electrons. The molecule has 0 spiro atoms. The summed E-state index contributed by atoms with van der Waals surface area (Å²) in [6, 6.07) is 9.07. The van der Waals surface area contributed by atoms with Crippen LogP contribution >= 0.6 is 11.6 Å². The van der Waals surface area contributed by atoms with E-state index in [-0.39, 0.29) is 5.56 Å². The number of rotatable bonds is 3. The molecule has 2 atom stereocenters. The van der Waals surface area contributed by atoms with Crippen molar-refractivity contribution in [3.63, 3.8) is 0 Å². The van der Waals surface area contributed by atoms with Crippen LogP contribution in [0.3, 0.4) is 0 Å². The summed E-state index contributed by atoms with van der Waals surface area (Å²) < 4.78 is 36.4. The molecular formula is C17H18ClNO5S. The minimum absolute atomic E-state index is 0.279. The van der Waals surface area contributed by atoms with Crippen LogP contribution in [-0.4, -0.2) is 30.9 Å². The Hall–Kier alpha value is -1.83. The first-order valence-corrected chi connectivity index (χ1v) is 9.82. The fourth-order valence-corrected chi connectivity index (χ4v) is 3.94. The van der Waals surface area contributed by atoms with E-state index in [0.717, 1.165) is 6.26 Å². The van der Waals surface area contributed by atoms with Crippen molar-refractivity contribution in [3.8, 4) is 5.75 Å². The average molecular weight is 384 g/mol. The van der Waals surface area contributed by atoms with E-state index in [0.29, 0.717) is 16.3 Å². The Balaban J connectivity index is 2.28. The highest BCUT2D eigenvalue weighted by Gasteiger charge is 2.47. The molecule has 2 heterocycles. The summed E-state index contributed by atoms with van der Waals surface area (Å²) >= 11 is 6.12. The molecule has 0 amide bonds. The molecule has 0 saturated carbocycles. The van der Waals surface area contributed by atoms with E-state index in [1.54, 1.807) is 50.4 Å². The highest BCUT2D eigenvalue weighted by atomic mass is 35.5. The van der Waals surface area contributed by atoms with Crippen molar-refractivity contribution in [1.82, 2.24) is 4.57 Å². The zero-order chi connectivity index (χ0) is 18.4. The molecule has 2 aromatic rings. The zero-order valence-electron chi connectivity index (χ0n) is 14.0. The van der Waals surface area contributed by atoms with E-state index in [2.05, 4.69) is 0 Å². The SMILES string of the molecule is CC1(C)Oc2ccc(Cl)cc2[C@@H](n2ccccc2=O)[C@@H]1OS(C)(=O)=O. The lowest BCUT2D eigenvalue weighted by Crippen LogP contribution is -2.54. The number of fused-ring (bicyclic) bond motifs is 1. The van der Waals surface area contributed by atoms with Crippen LogP contribution in [0.25, 0.3) is 0 Å². The quantitative estimate of drug-likeness (QED) is 0.761. The second-order valence-corrected chi connectivity index (χ2v) is 8.54. The summed E-state index contributed by atoms with van der Waals surface area (Å²) in [5.41, 5.74) is -0.684. The molecule has 1 aromatic heterocycles. The molecule has 0 unspecified atom stereocenters. The zero-order valence-corrected chi connectivity index (χ0v) is 15.5. The van der Waals surface area contributed by atoms with Crippen LogP contribution in [-0.2, 0) is 14.3 Å². The van der Waals surface area contributed by atoms with Crippen molar-refractivity contribution in [2.75, 3.05) is 6.26 Å². The van der Waals surface area contributed by atoms with Gasteiger partial charge in [0, 0.05) is 22.8 Å². The predicted molar refractivity (Wildman–Crippen MR) is 94.7 cm³/mol. The van der Waals surface area contributed by atoms with Crippen molar-refractivity contribution in [2.45, 2.75) is 31.6 Å². The summed E-state index contributed by atoms with van der Waals surface area (Å²) in [4.78, 5) is 12.4. The fourth-order valence-electron chi connectivity index (χ4n) is 3.05. The highest BCUT2D eigenvalue weighted by molar-refractivity contribution is 7.86. The Bertz CT molecular complexity index is 967. The Morgan fingerprint density at radius 3 is 2.60 bits per heavy atom. The lowest BCUT2D eigenvalue weighted by atomic mass is 9.86. The highest BCUT2D eigenvalue weighted by Crippen LogP contribution is 2.44. The lowest BCUT2D eigenvalue weighted by Gasteiger charge is -2.44. The Kier molecular flexibility index (Phi) is 4.43. The minimum Gasteiger partial charge on any atom is -0.485 e. The summed E-state index contributed by atoms with van der Waals surface area (Å²) in [5, 5.41) is 0.453. The van der Waals surface area contributed by atoms with Gasteiger partial charge in [-0.2, -0.15) is 8.42 Å². The number of aromatic nitrogens is 1. The normalized spacial score (nSPS) is 22.1. The van der Waals surface area contributed by atoms with Gasteiger partial charge in [-0.15, -0.1) is 0 Å². The Morgan fingerprint density at radius 2 is 1.96 bits per heavy atom. The molecule has 3 rings (SSSR count). The Morgan fingerprint density at radius 1 is 1.24 bits per heavy atom. The van der Waals surface area contributed by atoms with Gasteiger partial charge in [0.1, 0.15) is 17.5 Å². The summed E-state index contributed by atoms with van der Waals surface area (Å²) in [6.45, 7) is 3.45. The van der Waals surface area contributed by atoms with Crippen molar-refractivity contribution in [3.05, 3.63) is 63.5 Å². The maximum absolute atomic E-state index is 12.4. The molecule has 0 fully saturated rings. The maximum Gasteiger partial charge on any atom is 0.264 e. The molecule has 1 aromatic carbocycles. The van der Waals surface area contributed by atoms with Crippen LogP contribution in [0.15, 0.2) is 47.4 Å². The maximum atomic E-state index is 12.4. The summed E-state index contributed by atoms with van der Waals surface area (Å²) in [7, 11) is -3.79. The lowest BCUT2D eigenvalue weighted by molar-refractivity contribution is -0.0463. The number of pyridine rings is 1. The molecular weight excluding hydrogens is 366 g/mol. The summed E-state index contributed by atoms with van der Waals surface area (Å²) in [6.07, 6.45) is 1.62. The van der Waals surface area contributed by atoms with Crippen molar-refractivity contribution >= 4 is 21.7 Å². The number of ether oxygens (including phenoxy) is 1. The molecule has 0 bridgehead atoms. The summed E-state index contributed by atoms with van der Waals surface area (Å²) in [5.74, 6) is 0.531. The third-order valence-electron chi connectivity index (χ3n) is 4.06. The Labute approximate surface area is 151 Å². The number of nitrogens with zero attached hydrogens (tertiary/aromatic N) is 1. The van der Waals surface area contributed by atoms with Crippen molar-refractivity contribution in [2.24, 2.45) is 0 Å². The topological polar surface area (TPSA) is 74.6 Å². The molecule has 0 saturated heterocycles. The van der Waals surface area contributed by atoms with Crippen molar-refractivity contribution in [1.29, 1.82) is 0 Å². The molecule has 0 aliphatic carbocycles. The van der Waals surface area contributed by atoms with E-state index in [9.17, 15) is 13.2 Å². The van der Waals surface area contributed by atoms with Gasteiger partial charge in [0.15, 0.2) is 0 Å². The number of halogens is 1. The molecule has 1 aliphatic rings. The van der Waals surface area contributed by atoms with Crippen LogP contribution in [0, 0.1) is 0 Å². The first kappa shape index (κ1) is 18.0. The smallest absolute Gasteiger partial charge is 0.264 e. The van der Waals surface area contributed by atoms with Gasteiger partial charge < -0.3 is 9.30 Å². The van der Waals surface area contributed by atoms with Crippen LogP contribution in [0.5, 0.6) is 5.75 Å². The monoisotopic (exact) mass is 383 g/mol. The van der Waals surface area contributed by atoms with Crippen LogP contribution in [0.1, 0.15) is 25.5 Å². The van der Waals surface area contributed by atoms with Gasteiger partial charge in [-0.1, -0.05) is 17.7 Å². The van der Waals surface area contributed by atoms with Gasteiger partial charge in [-0.3, -0.25) is 8.98 Å². The molecule has 1 aliphatic heterocycles. The first-order valence-electron chi connectivity index (χ1n) is 7.62.